The third-order valence-corrected chi connectivity index (χ3v) is 2.93. The fourth-order valence-electron chi connectivity index (χ4n) is 2.07. The van der Waals surface area contributed by atoms with Crippen LogP contribution in [0.2, 0.25) is 0 Å². The van der Waals surface area contributed by atoms with E-state index in [1.807, 2.05) is 0 Å². The van der Waals surface area contributed by atoms with Crippen LogP contribution in [0.15, 0.2) is 4.99 Å². The fourth-order valence-corrected chi connectivity index (χ4v) is 2.07. The van der Waals surface area contributed by atoms with Gasteiger partial charge in [0.15, 0.2) is 6.40 Å². The minimum Gasteiger partial charge on any atom is -0.478 e. The van der Waals surface area contributed by atoms with E-state index < -0.39 is 0 Å². The monoisotopic (exact) mass is 153 g/mol. The SMILES string of the molecule is CCC1CCC2N=COC2C1. The molecule has 0 N–H and O–H groups in total. The van der Waals surface area contributed by atoms with E-state index in [-0.39, 0.29) is 0 Å². The fraction of sp³-hybridized carbons (Fsp3) is 0.889. The van der Waals surface area contributed by atoms with Crippen molar-refractivity contribution in [1.82, 2.24) is 0 Å². The summed E-state index contributed by atoms with van der Waals surface area (Å²) in [6.45, 7) is 2.26. The van der Waals surface area contributed by atoms with Gasteiger partial charge in [0, 0.05) is 0 Å². The highest BCUT2D eigenvalue weighted by atomic mass is 16.5. The van der Waals surface area contributed by atoms with E-state index in [1.54, 1.807) is 6.40 Å². The van der Waals surface area contributed by atoms with Crippen LogP contribution in [0.5, 0.6) is 0 Å². The Kier molecular flexibility index (Phi) is 1.84. The normalized spacial score (nSPS) is 41.7. The topological polar surface area (TPSA) is 21.6 Å². The van der Waals surface area contributed by atoms with E-state index in [4.69, 9.17) is 4.74 Å². The first-order chi connectivity index (χ1) is 5.40. The minimum absolute atomic E-state index is 0.425. The lowest BCUT2D eigenvalue weighted by Gasteiger charge is -2.28. The Hall–Kier alpha value is -0.530. The number of aliphatic imine (C=N–C) groups is 1. The molecule has 2 nitrogen and oxygen atoms in total. The predicted molar refractivity (Wildman–Crippen MR) is 44.8 cm³/mol. The van der Waals surface area contributed by atoms with Crippen LogP contribution >= 0.6 is 0 Å². The van der Waals surface area contributed by atoms with Gasteiger partial charge >= 0.3 is 0 Å². The van der Waals surface area contributed by atoms with Crippen molar-refractivity contribution in [3.63, 3.8) is 0 Å². The van der Waals surface area contributed by atoms with Crippen molar-refractivity contribution in [2.24, 2.45) is 10.9 Å². The lowest BCUT2D eigenvalue weighted by molar-refractivity contribution is 0.123. The van der Waals surface area contributed by atoms with Gasteiger partial charge in [0.2, 0.25) is 0 Å². The Labute approximate surface area is 67.7 Å². The molecule has 1 saturated carbocycles. The second-order valence-corrected chi connectivity index (χ2v) is 3.58. The van der Waals surface area contributed by atoms with Crippen LogP contribution in [0.25, 0.3) is 0 Å². The second-order valence-electron chi connectivity index (χ2n) is 3.58. The summed E-state index contributed by atoms with van der Waals surface area (Å²) >= 11 is 0. The molecule has 1 aliphatic heterocycles. The van der Waals surface area contributed by atoms with Crippen molar-refractivity contribution >= 4 is 6.40 Å². The third kappa shape index (κ3) is 1.26. The smallest absolute Gasteiger partial charge is 0.170 e. The van der Waals surface area contributed by atoms with E-state index in [0.29, 0.717) is 12.1 Å². The van der Waals surface area contributed by atoms with Crippen LogP contribution in [-0.2, 0) is 4.74 Å². The van der Waals surface area contributed by atoms with Crippen LogP contribution in [-0.4, -0.2) is 18.5 Å². The molecule has 62 valence electrons. The van der Waals surface area contributed by atoms with Crippen molar-refractivity contribution in [2.45, 2.75) is 44.8 Å². The summed E-state index contributed by atoms with van der Waals surface area (Å²) < 4.78 is 5.40. The van der Waals surface area contributed by atoms with Crippen LogP contribution in [0.4, 0.5) is 0 Å². The van der Waals surface area contributed by atoms with Gasteiger partial charge in [-0.3, -0.25) is 4.99 Å². The van der Waals surface area contributed by atoms with Gasteiger partial charge in [-0.1, -0.05) is 13.3 Å². The Bertz CT molecular complexity index is 167. The average molecular weight is 153 g/mol. The van der Waals surface area contributed by atoms with Gasteiger partial charge in [0.1, 0.15) is 6.10 Å². The molecule has 3 atom stereocenters. The van der Waals surface area contributed by atoms with Crippen molar-refractivity contribution in [1.29, 1.82) is 0 Å². The van der Waals surface area contributed by atoms with E-state index in [0.717, 1.165) is 5.92 Å². The molecule has 0 radical (unpaired) electrons. The third-order valence-electron chi connectivity index (χ3n) is 2.93. The average Bonchev–Trinajstić information content (AvgIpc) is 2.50. The maximum atomic E-state index is 5.40. The molecule has 1 fully saturated rings. The molecule has 2 heteroatoms. The molecular formula is C9H15NO. The molecular weight excluding hydrogens is 138 g/mol. The lowest BCUT2D eigenvalue weighted by atomic mass is 9.83. The zero-order chi connectivity index (χ0) is 7.68. The molecule has 1 heterocycles. The largest absolute Gasteiger partial charge is 0.478 e. The summed E-state index contributed by atoms with van der Waals surface area (Å²) in [6.07, 6.45) is 7.17. The first kappa shape index (κ1) is 7.14. The van der Waals surface area contributed by atoms with Gasteiger partial charge in [-0.2, -0.15) is 0 Å². The quantitative estimate of drug-likeness (QED) is 0.564. The Balaban J connectivity index is 1.94. The van der Waals surface area contributed by atoms with Gasteiger partial charge in [-0.15, -0.1) is 0 Å². The van der Waals surface area contributed by atoms with Gasteiger partial charge in [0.05, 0.1) is 6.04 Å². The maximum Gasteiger partial charge on any atom is 0.170 e. The number of nitrogens with zero attached hydrogens (tertiary/aromatic N) is 1. The van der Waals surface area contributed by atoms with Crippen LogP contribution in [0.1, 0.15) is 32.6 Å². The van der Waals surface area contributed by atoms with Gasteiger partial charge < -0.3 is 4.74 Å². The summed E-state index contributed by atoms with van der Waals surface area (Å²) in [5.41, 5.74) is 0. The second kappa shape index (κ2) is 2.84. The molecule has 0 aromatic carbocycles. The Morgan fingerprint density at radius 1 is 1.55 bits per heavy atom. The van der Waals surface area contributed by atoms with Gasteiger partial charge in [0.25, 0.3) is 0 Å². The zero-order valence-corrected chi connectivity index (χ0v) is 6.99. The highest BCUT2D eigenvalue weighted by Gasteiger charge is 2.32. The summed E-state index contributed by atoms with van der Waals surface area (Å²) in [4.78, 5) is 4.28. The predicted octanol–water partition coefficient (Wildman–Crippen LogP) is 1.99. The Morgan fingerprint density at radius 3 is 3.27 bits per heavy atom. The highest BCUT2D eigenvalue weighted by Crippen LogP contribution is 2.32. The molecule has 3 unspecified atom stereocenters. The first-order valence-electron chi connectivity index (χ1n) is 4.57. The molecule has 0 amide bonds. The van der Waals surface area contributed by atoms with Crippen molar-refractivity contribution in [3.8, 4) is 0 Å². The molecule has 0 aromatic heterocycles. The maximum absolute atomic E-state index is 5.40. The summed E-state index contributed by atoms with van der Waals surface area (Å²) in [5, 5.41) is 0. The van der Waals surface area contributed by atoms with E-state index in [1.165, 1.54) is 25.7 Å². The molecule has 11 heavy (non-hydrogen) atoms. The molecule has 2 aliphatic rings. The number of hydrogen-bond donors (Lipinski definition) is 0. The summed E-state index contributed by atoms with van der Waals surface area (Å²) in [5.74, 6) is 0.887. The van der Waals surface area contributed by atoms with Crippen LogP contribution in [0, 0.1) is 5.92 Å². The molecule has 0 saturated heterocycles. The van der Waals surface area contributed by atoms with E-state index in [2.05, 4.69) is 11.9 Å². The zero-order valence-electron chi connectivity index (χ0n) is 6.99. The van der Waals surface area contributed by atoms with Gasteiger partial charge in [-0.05, 0) is 25.2 Å². The highest BCUT2D eigenvalue weighted by molar-refractivity contribution is 5.50. The number of fused-ring (bicyclic) bond motifs is 1. The molecule has 2 rings (SSSR count). The summed E-state index contributed by atoms with van der Waals surface area (Å²) in [7, 11) is 0. The van der Waals surface area contributed by atoms with Crippen LogP contribution in [0.3, 0.4) is 0 Å². The van der Waals surface area contributed by atoms with Crippen molar-refractivity contribution in [2.75, 3.05) is 0 Å². The number of rotatable bonds is 1. The standard InChI is InChI=1S/C9H15NO/c1-2-7-3-4-8-9(5-7)11-6-10-8/h6-9H,2-5H2,1H3. The summed E-state index contributed by atoms with van der Waals surface area (Å²) in [6, 6.07) is 0.498. The lowest BCUT2D eigenvalue weighted by Crippen LogP contribution is -2.30. The molecule has 0 aromatic rings. The molecule has 1 aliphatic carbocycles. The van der Waals surface area contributed by atoms with Crippen molar-refractivity contribution < 1.29 is 4.74 Å². The van der Waals surface area contributed by atoms with E-state index in [9.17, 15) is 0 Å². The van der Waals surface area contributed by atoms with E-state index >= 15 is 0 Å². The minimum atomic E-state index is 0.425. The number of ether oxygens (including phenoxy) is 1. The van der Waals surface area contributed by atoms with Crippen molar-refractivity contribution in [3.05, 3.63) is 0 Å². The van der Waals surface area contributed by atoms with Gasteiger partial charge in [-0.25, -0.2) is 0 Å². The molecule has 0 bridgehead atoms. The molecule has 0 spiro atoms. The Morgan fingerprint density at radius 2 is 2.45 bits per heavy atom. The van der Waals surface area contributed by atoms with Crippen LogP contribution < -0.4 is 0 Å². The first-order valence-corrected chi connectivity index (χ1v) is 4.57. The number of hydrogen-bond acceptors (Lipinski definition) is 2.